The third-order valence-corrected chi connectivity index (χ3v) is 3.63. The van der Waals surface area contributed by atoms with Gasteiger partial charge in [-0.1, -0.05) is 30.3 Å². The number of carbonyl (C=O) groups excluding carboxylic acids is 1. The zero-order valence-electron chi connectivity index (χ0n) is 9.55. The van der Waals surface area contributed by atoms with Gasteiger partial charge in [-0.25, -0.2) is 0 Å². The van der Waals surface area contributed by atoms with Crippen LogP contribution in [0, 0.1) is 5.92 Å². The summed E-state index contributed by atoms with van der Waals surface area (Å²) in [5.41, 5.74) is 0.971. The molecule has 17 heavy (non-hydrogen) atoms. The van der Waals surface area contributed by atoms with Crippen LogP contribution in [0.4, 0.5) is 0 Å². The maximum atomic E-state index is 11.9. The van der Waals surface area contributed by atoms with Gasteiger partial charge in [0.05, 0.1) is 12.6 Å². The summed E-state index contributed by atoms with van der Waals surface area (Å²) in [4.78, 5) is 13.6. The lowest BCUT2D eigenvalue weighted by atomic mass is 10.1. The van der Waals surface area contributed by atoms with E-state index in [4.69, 9.17) is 11.6 Å². The van der Waals surface area contributed by atoms with Crippen molar-refractivity contribution >= 4 is 17.5 Å². The van der Waals surface area contributed by atoms with E-state index < -0.39 is 0 Å². The predicted molar refractivity (Wildman–Crippen MR) is 66.8 cm³/mol. The van der Waals surface area contributed by atoms with E-state index >= 15 is 0 Å². The summed E-state index contributed by atoms with van der Waals surface area (Å²) in [5.74, 6) is 0.787. The minimum Gasteiger partial charge on any atom is -0.394 e. The second-order valence-electron chi connectivity index (χ2n) is 4.38. The number of alkyl halides is 1. The molecular formula is C13H16ClNO2. The third kappa shape index (κ3) is 2.61. The van der Waals surface area contributed by atoms with Gasteiger partial charge in [-0.3, -0.25) is 4.79 Å². The van der Waals surface area contributed by atoms with Gasteiger partial charge in [-0.2, -0.15) is 0 Å². The molecule has 0 aliphatic carbocycles. The Kier molecular flexibility index (Phi) is 4.02. The molecule has 4 heteroatoms. The quantitative estimate of drug-likeness (QED) is 0.832. The van der Waals surface area contributed by atoms with Crippen LogP contribution >= 0.6 is 11.6 Å². The van der Waals surface area contributed by atoms with Gasteiger partial charge in [0.2, 0.25) is 5.91 Å². The van der Waals surface area contributed by atoms with E-state index in [9.17, 15) is 9.90 Å². The molecule has 1 fully saturated rings. The third-order valence-electron chi connectivity index (χ3n) is 3.19. The Bertz CT molecular complexity index is 382. The van der Waals surface area contributed by atoms with Crippen LogP contribution in [0.3, 0.4) is 0 Å². The van der Waals surface area contributed by atoms with Crippen molar-refractivity contribution in [2.24, 2.45) is 5.92 Å². The van der Waals surface area contributed by atoms with E-state index in [1.54, 1.807) is 4.90 Å². The molecule has 0 spiro atoms. The Hall–Kier alpha value is -1.06. The molecule has 0 aromatic heterocycles. The molecular weight excluding hydrogens is 238 g/mol. The SMILES string of the molecule is O=C1CC(CCl)CN1C(CO)c1ccccc1. The normalized spacial score (nSPS) is 21.9. The van der Waals surface area contributed by atoms with E-state index in [-0.39, 0.29) is 24.5 Å². The molecule has 1 heterocycles. The molecule has 2 atom stereocenters. The summed E-state index contributed by atoms with van der Waals surface area (Å²) in [6, 6.07) is 9.38. The number of carbonyl (C=O) groups is 1. The molecule has 3 nitrogen and oxygen atoms in total. The Morgan fingerprint density at radius 2 is 2.12 bits per heavy atom. The fourth-order valence-corrected chi connectivity index (χ4v) is 2.48. The number of likely N-dealkylation sites (tertiary alicyclic amines) is 1. The van der Waals surface area contributed by atoms with Crippen molar-refractivity contribution in [2.75, 3.05) is 19.0 Å². The van der Waals surface area contributed by atoms with Crippen molar-refractivity contribution in [3.05, 3.63) is 35.9 Å². The first kappa shape index (κ1) is 12.4. The molecule has 1 aromatic carbocycles. The average Bonchev–Trinajstić information content (AvgIpc) is 2.73. The zero-order chi connectivity index (χ0) is 12.3. The minimum absolute atomic E-state index is 0.0508. The first-order valence-corrected chi connectivity index (χ1v) is 6.31. The van der Waals surface area contributed by atoms with Crippen LogP contribution in [0.5, 0.6) is 0 Å². The van der Waals surface area contributed by atoms with Crippen LogP contribution in [0.15, 0.2) is 30.3 Å². The van der Waals surface area contributed by atoms with E-state index in [1.165, 1.54) is 0 Å². The number of amides is 1. The average molecular weight is 254 g/mol. The highest BCUT2D eigenvalue weighted by atomic mass is 35.5. The summed E-state index contributed by atoms with van der Waals surface area (Å²) >= 11 is 5.79. The molecule has 92 valence electrons. The van der Waals surface area contributed by atoms with Gasteiger partial charge in [0.25, 0.3) is 0 Å². The highest BCUT2D eigenvalue weighted by Crippen LogP contribution is 2.28. The lowest BCUT2D eigenvalue weighted by molar-refractivity contribution is -0.130. The van der Waals surface area contributed by atoms with Crippen molar-refractivity contribution < 1.29 is 9.90 Å². The monoisotopic (exact) mass is 253 g/mol. The number of hydrogen-bond acceptors (Lipinski definition) is 2. The zero-order valence-corrected chi connectivity index (χ0v) is 10.3. The number of aliphatic hydroxyl groups excluding tert-OH is 1. The molecule has 1 N–H and O–H groups in total. The van der Waals surface area contributed by atoms with Crippen LogP contribution < -0.4 is 0 Å². The van der Waals surface area contributed by atoms with Gasteiger partial charge < -0.3 is 10.0 Å². The summed E-state index contributed by atoms with van der Waals surface area (Å²) in [6.45, 7) is 0.590. The van der Waals surface area contributed by atoms with E-state index in [1.807, 2.05) is 30.3 Å². The van der Waals surface area contributed by atoms with E-state index in [2.05, 4.69) is 0 Å². The molecule has 0 saturated carbocycles. The van der Waals surface area contributed by atoms with E-state index in [0.717, 1.165) is 5.56 Å². The number of nitrogens with zero attached hydrogens (tertiary/aromatic N) is 1. The molecule has 1 amide bonds. The minimum atomic E-state index is -0.239. The maximum Gasteiger partial charge on any atom is 0.223 e. The maximum absolute atomic E-state index is 11.9. The lowest BCUT2D eigenvalue weighted by Gasteiger charge is -2.26. The summed E-state index contributed by atoms with van der Waals surface area (Å²) in [7, 11) is 0. The molecule has 1 aromatic rings. The molecule has 2 rings (SSSR count). The van der Waals surface area contributed by atoms with Crippen LogP contribution in [0.1, 0.15) is 18.0 Å². The molecule has 0 radical (unpaired) electrons. The second-order valence-corrected chi connectivity index (χ2v) is 4.69. The molecule has 1 saturated heterocycles. The van der Waals surface area contributed by atoms with Gasteiger partial charge in [-0.15, -0.1) is 11.6 Å². The number of aliphatic hydroxyl groups is 1. The van der Waals surface area contributed by atoms with Gasteiger partial charge in [0, 0.05) is 18.8 Å². The standard InChI is InChI=1S/C13H16ClNO2/c14-7-10-6-13(17)15(8-10)12(9-16)11-4-2-1-3-5-11/h1-5,10,12,16H,6-9H2. The molecule has 1 aliphatic heterocycles. The van der Waals surface area contributed by atoms with Crippen LogP contribution in [-0.2, 0) is 4.79 Å². The second kappa shape index (κ2) is 5.52. The number of halogens is 1. The first-order valence-electron chi connectivity index (χ1n) is 5.77. The summed E-state index contributed by atoms with van der Waals surface area (Å²) in [6.07, 6.45) is 0.493. The summed E-state index contributed by atoms with van der Waals surface area (Å²) < 4.78 is 0. The van der Waals surface area contributed by atoms with Crippen molar-refractivity contribution in [3.8, 4) is 0 Å². The Morgan fingerprint density at radius 3 is 2.65 bits per heavy atom. The van der Waals surface area contributed by atoms with Crippen molar-refractivity contribution in [2.45, 2.75) is 12.5 Å². The van der Waals surface area contributed by atoms with Crippen LogP contribution in [0.2, 0.25) is 0 Å². The predicted octanol–water partition coefficient (Wildman–Crippen LogP) is 1.81. The van der Waals surface area contributed by atoms with E-state index in [0.29, 0.717) is 18.8 Å². The van der Waals surface area contributed by atoms with Gasteiger partial charge in [0.1, 0.15) is 0 Å². The van der Waals surface area contributed by atoms with Crippen LogP contribution in [0.25, 0.3) is 0 Å². The number of hydrogen-bond donors (Lipinski definition) is 1. The van der Waals surface area contributed by atoms with Crippen molar-refractivity contribution in [1.29, 1.82) is 0 Å². The van der Waals surface area contributed by atoms with Gasteiger partial charge in [0.15, 0.2) is 0 Å². The number of rotatable bonds is 4. The van der Waals surface area contributed by atoms with Gasteiger partial charge in [-0.05, 0) is 11.5 Å². The Labute approximate surface area is 106 Å². The highest BCUT2D eigenvalue weighted by Gasteiger charge is 2.34. The molecule has 2 unspecified atom stereocenters. The summed E-state index contributed by atoms with van der Waals surface area (Å²) in [5, 5.41) is 9.49. The Balaban J connectivity index is 2.17. The topological polar surface area (TPSA) is 40.5 Å². The fraction of sp³-hybridized carbons (Fsp3) is 0.462. The van der Waals surface area contributed by atoms with Crippen molar-refractivity contribution in [1.82, 2.24) is 4.90 Å². The molecule has 0 bridgehead atoms. The smallest absolute Gasteiger partial charge is 0.223 e. The van der Waals surface area contributed by atoms with Crippen molar-refractivity contribution in [3.63, 3.8) is 0 Å². The van der Waals surface area contributed by atoms with Crippen LogP contribution in [-0.4, -0.2) is 34.9 Å². The largest absolute Gasteiger partial charge is 0.394 e. The fourth-order valence-electron chi connectivity index (χ4n) is 2.27. The first-order chi connectivity index (χ1) is 8.26. The number of benzene rings is 1. The highest BCUT2D eigenvalue weighted by molar-refractivity contribution is 6.18. The molecule has 1 aliphatic rings. The Morgan fingerprint density at radius 1 is 1.41 bits per heavy atom. The van der Waals surface area contributed by atoms with Gasteiger partial charge >= 0.3 is 0 Å². The lowest BCUT2D eigenvalue weighted by Crippen LogP contribution is -2.32.